The zero-order valence-corrected chi connectivity index (χ0v) is 10.4. The van der Waals surface area contributed by atoms with Gasteiger partial charge in [-0.05, 0) is 28.9 Å². The third-order valence-electron chi connectivity index (χ3n) is 2.20. The number of aldehydes is 1. The molecule has 5 heteroatoms. The Morgan fingerprint density at radius 3 is 3.13 bits per heavy atom. The lowest BCUT2D eigenvalue weighted by Gasteiger charge is -2.25. The maximum atomic E-state index is 13.4. The Morgan fingerprint density at radius 1 is 1.73 bits per heavy atom. The van der Waals surface area contributed by atoms with Crippen LogP contribution < -0.4 is 5.32 Å². The van der Waals surface area contributed by atoms with E-state index in [-0.39, 0.29) is 5.82 Å². The van der Waals surface area contributed by atoms with Gasteiger partial charge >= 0.3 is 0 Å². The minimum atomic E-state index is -0.389. The van der Waals surface area contributed by atoms with Gasteiger partial charge in [0.25, 0.3) is 0 Å². The average Bonchev–Trinajstić information content (AvgIpc) is 2.23. The van der Waals surface area contributed by atoms with Crippen molar-refractivity contribution >= 4 is 39.7 Å². The second-order valence-corrected chi connectivity index (χ2v) is 5.26. The molecule has 0 aliphatic carbocycles. The van der Waals surface area contributed by atoms with Gasteiger partial charge in [0.1, 0.15) is 5.82 Å². The standard InChI is InChI=1S/C10H9BrFNOS/c1-5-4-15-10-8(11)7(12)2-6(3-14)9(10)13-5/h2-3,5,13H,4H2,1H3/t5-/m0/s1. The lowest BCUT2D eigenvalue weighted by atomic mass is 10.1. The first-order valence-corrected chi connectivity index (χ1v) is 6.28. The third-order valence-corrected chi connectivity index (χ3v) is 4.60. The van der Waals surface area contributed by atoms with Crippen LogP contribution in [0.25, 0.3) is 0 Å². The topological polar surface area (TPSA) is 29.1 Å². The number of benzene rings is 1. The summed E-state index contributed by atoms with van der Waals surface area (Å²) in [6.45, 7) is 2.03. The molecule has 1 aliphatic rings. The van der Waals surface area contributed by atoms with Crippen molar-refractivity contribution in [3.8, 4) is 0 Å². The van der Waals surface area contributed by atoms with E-state index < -0.39 is 0 Å². The van der Waals surface area contributed by atoms with Crippen LogP contribution >= 0.6 is 27.7 Å². The van der Waals surface area contributed by atoms with E-state index in [1.165, 1.54) is 6.07 Å². The first-order valence-electron chi connectivity index (χ1n) is 4.50. The maximum absolute atomic E-state index is 13.4. The minimum Gasteiger partial charge on any atom is -0.380 e. The van der Waals surface area contributed by atoms with E-state index >= 15 is 0 Å². The van der Waals surface area contributed by atoms with E-state index in [2.05, 4.69) is 21.2 Å². The molecule has 0 aromatic heterocycles. The van der Waals surface area contributed by atoms with Crippen LogP contribution in [0.4, 0.5) is 10.1 Å². The van der Waals surface area contributed by atoms with E-state index in [0.717, 1.165) is 16.3 Å². The second-order valence-electron chi connectivity index (χ2n) is 3.44. The molecule has 2 rings (SSSR count). The summed E-state index contributed by atoms with van der Waals surface area (Å²) in [6.07, 6.45) is 0.681. The van der Waals surface area contributed by atoms with Crippen molar-refractivity contribution in [2.45, 2.75) is 17.9 Å². The van der Waals surface area contributed by atoms with Gasteiger partial charge in [0.15, 0.2) is 6.29 Å². The van der Waals surface area contributed by atoms with Gasteiger partial charge in [-0.3, -0.25) is 4.79 Å². The quantitative estimate of drug-likeness (QED) is 0.805. The van der Waals surface area contributed by atoms with Gasteiger partial charge in [-0.25, -0.2) is 4.39 Å². The Hall–Kier alpha value is -0.550. The molecular formula is C10H9BrFNOS. The minimum absolute atomic E-state index is 0.290. The number of carbonyl (C=O) groups is 1. The van der Waals surface area contributed by atoms with E-state index in [1.807, 2.05) is 6.92 Å². The van der Waals surface area contributed by atoms with E-state index in [9.17, 15) is 9.18 Å². The van der Waals surface area contributed by atoms with Crippen LogP contribution in [-0.2, 0) is 0 Å². The zero-order valence-electron chi connectivity index (χ0n) is 8.01. The molecule has 1 aromatic rings. The molecular weight excluding hydrogens is 281 g/mol. The van der Waals surface area contributed by atoms with Crippen molar-refractivity contribution in [1.82, 2.24) is 0 Å². The van der Waals surface area contributed by atoms with Crippen molar-refractivity contribution in [2.75, 3.05) is 11.1 Å². The molecule has 15 heavy (non-hydrogen) atoms. The van der Waals surface area contributed by atoms with Crippen molar-refractivity contribution in [2.24, 2.45) is 0 Å². The molecule has 0 radical (unpaired) electrons. The normalized spacial score (nSPS) is 19.3. The predicted octanol–water partition coefficient (Wildman–Crippen LogP) is 3.31. The number of halogens is 2. The lowest BCUT2D eigenvalue weighted by Crippen LogP contribution is -2.23. The summed E-state index contributed by atoms with van der Waals surface area (Å²) in [4.78, 5) is 11.6. The molecule has 0 spiro atoms. The molecule has 0 unspecified atom stereocenters. The van der Waals surface area contributed by atoms with Crippen molar-refractivity contribution < 1.29 is 9.18 Å². The molecule has 0 bridgehead atoms. The Labute approximate surface area is 99.8 Å². The smallest absolute Gasteiger partial charge is 0.152 e. The Kier molecular flexibility index (Phi) is 3.02. The molecule has 1 N–H and O–H groups in total. The molecule has 1 heterocycles. The molecule has 0 saturated heterocycles. The number of hydrogen-bond donors (Lipinski definition) is 1. The van der Waals surface area contributed by atoms with Gasteiger partial charge in [0, 0.05) is 22.3 Å². The fraction of sp³-hybridized carbons (Fsp3) is 0.300. The zero-order chi connectivity index (χ0) is 11.0. The number of anilines is 1. The summed E-state index contributed by atoms with van der Waals surface area (Å²) in [6, 6.07) is 1.54. The summed E-state index contributed by atoms with van der Waals surface area (Å²) in [5, 5.41) is 3.20. The second kappa shape index (κ2) is 4.14. The van der Waals surface area contributed by atoms with Gasteiger partial charge in [0.2, 0.25) is 0 Å². The fourth-order valence-electron chi connectivity index (χ4n) is 1.50. The van der Waals surface area contributed by atoms with Gasteiger partial charge in [-0.15, -0.1) is 11.8 Å². The predicted molar refractivity (Wildman–Crippen MR) is 63.3 cm³/mol. The molecule has 80 valence electrons. The van der Waals surface area contributed by atoms with Crippen LogP contribution in [0.15, 0.2) is 15.4 Å². The number of rotatable bonds is 1. The number of hydrogen-bond acceptors (Lipinski definition) is 3. The molecule has 1 aliphatic heterocycles. The number of thioether (sulfide) groups is 1. The van der Waals surface area contributed by atoms with Gasteiger partial charge in [-0.1, -0.05) is 0 Å². The lowest BCUT2D eigenvalue weighted by molar-refractivity contribution is 0.112. The van der Waals surface area contributed by atoms with Crippen LogP contribution in [-0.4, -0.2) is 18.1 Å². The van der Waals surface area contributed by atoms with Gasteiger partial charge in [0.05, 0.1) is 10.2 Å². The summed E-state index contributed by atoms with van der Waals surface area (Å²) in [5.74, 6) is 0.479. The number of nitrogens with one attached hydrogen (secondary N) is 1. The van der Waals surface area contributed by atoms with Crippen LogP contribution in [0, 0.1) is 5.82 Å². The number of fused-ring (bicyclic) bond motifs is 1. The van der Waals surface area contributed by atoms with E-state index in [4.69, 9.17) is 0 Å². The first kappa shape index (κ1) is 11.0. The molecule has 1 aromatic carbocycles. The van der Waals surface area contributed by atoms with Crippen molar-refractivity contribution in [1.29, 1.82) is 0 Å². The monoisotopic (exact) mass is 289 g/mol. The highest BCUT2D eigenvalue weighted by molar-refractivity contribution is 9.10. The van der Waals surface area contributed by atoms with E-state index in [1.54, 1.807) is 11.8 Å². The summed E-state index contributed by atoms with van der Waals surface area (Å²) < 4.78 is 13.8. The molecule has 2 nitrogen and oxygen atoms in total. The Morgan fingerprint density at radius 2 is 2.47 bits per heavy atom. The molecule has 0 amide bonds. The van der Waals surface area contributed by atoms with Gasteiger partial charge < -0.3 is 5.32 Å². The Bertz CT molecular complexity index is 424. The maximum Gasteiger partial charge on any atom is 0.152 e. The van der Waals surface area contributed by atoms with Crippen LogP contribution in [0.3, 0.4) is 0 Å². The largest absolute Gasteiger partial charge is 0.380 e. The van der Waals surface area contributed by atoms with Crippen molar-refractivity contribution in [3.05, 3.63) is 21.9 Å². The van der Waals surface area contributed by atoms with Crippen LogP contribution in [0.5, 0.6) is 0 Å². The Balaban J connectivity index is 2.61. The highest BCUT2D eigenvalue weighted by atomic mass is 79.9. The highest BCUT2D eigenvalue weighted by Gasteiger charge is 2.22. The summed E-state index contributed by atoms with van der Waals surface area (Å²) in [7, 11) is 0. The van der Waals surface area contributed by atoms with Crippen LogP contribution in [0.1, 0.15) is 17.3 Å². The highest BCUT2D eigenvalue weighted by Crippen LogP contribution is 2.41. The molecule has 0 fully saturated rings. The summed E-state index contributed by atoms with van der Waals surface area (Å²) >= 11 is 4.76. The van der Waals surface area contributed by atoms with Crippen molar-refractivity contribution in [3.63, 3.8) is 0 Å². The SMILES string of the molecule is C[C@H]1CSc2c(Br)c(F)cc(C=O)c2N1. The first-order chi connectivity index (χ1) is 7.13. The molecule has 0 saturated carbocycles. The fourth-order valence-corrected chi connectivity index (χ4v) is 3.20. The molecule has 1 atom stereocenters. The van der Waals surface area contributed by atoms with E-state index in [0.29, 0.717) is 22.4 Å². The average molecular weight is 290 g/mol. The van der Waals surface area contributed by atoms with Crippen LogP contribution in [0.2, 0.25) is 0 Å². The van der Waals surface area contributed by atoms with Gasteiger partial charge in [-0.2, -0.15) is 0 Å². The summed E-state index contributed by atoms with van der Waals surface area (Å²) in [5.41, 5.74) is 1.12. The third kappa shape index (κ3) is 1.90. The number of carbonyl (C=O) groups excluding carboxylic acids is 1.